The van der Waals surface area contributed by atoms with E-state index in [0.717, 1.165) is 11.3 Å². The molecular formula is C20H22ClNO4. The number of carbonyl (C=O) groups excluding carboxylic acids is 1. The lowest BCUT2D eigenvalue weighted by molar-refractivity contribution is -0.137. The molecule has 6 heteroatoms. The molecule has 0 aliphatic carbocycles. The van der Waals surface area contributed by atoms with E-state index in [1.165, 1.54) is 0 Å². The first kappa shape index (κ1) is 19.8. The summed E-state index contributed by atoms with van der Waals surface area (Å²) in [6.45, 7) is 1.82. The van der Waals surface area contributed by atoms with Crippen LogP contribution < -0.4 is 10.1 Å². The van der Waals surface area contributed by atoms with E-state index in [1.807, 2.05) is 31.2 Å². The second-order valence-electron chi connectivity index (χ2n) is 6.16. The van der Waals surface area contributed by atoms with Gasteiger partial charge in [0.05, 0.1) is 19.6 Å². The number of aliphatic carboxylic acids is 1. The molecule has 1 unspecified atom stereocenters. The van der Waals surface area contributed by atoms with Crippen LogP contribution in [0.1, 0.15) is 30.5 Å². The van der Waals surface area contributed by atoms with Gasteiger partial charge in [-0.1, -0.05) is 42.8 Å². The first-order valence-electron chi connectivity index (χ1n) is 8.29. The zero-order chi connectivity index (χ0) is 19.1. The summed E-state index contributed by atoms with van der Waals surface area (Å²) < 4.78 is 5.12. The van der Waals surface area contributed by atoms with Gasteiger partial charge < -0.3 is 15.2 Å². The molecule has 0 spiro atoms. The average Bonchev–Trinajstić information content (AvgIpc) is 2.62. The van der Waals surface area contributed by atoms with Crippen molar-refractivity contribution in [2.75, 3.05) is 7.11 Å². The predicted molar refractivity (Wildman–Crippen MR) is 100 cm³/mol. The van der Waals surface area contributed by atoms with Crippen LogP contribution in [0.5, 0.6) is 5.75 Å². The van der Waals surface area contributed by atoms with Crippen molar-refractivity contribution in [3.63, 3.8) is 0 Å². The quantitative estimate of drug-likeness (QED) is 0.734. The summed E-state index contributed by atoms with van der Waals surface area (Å²) in [6, 6.07) is 13.7. The normalized spacial score (nSPS) is 12.9. The van der Waals surface area contributed by atoms with Crippen molar-refractivity contribution >= 4 is 23.5 Å². The molecule has 0 saturated heterocycles. The summed E-state index contributed by atoms with van der Waals surface area (Å²) in [5.41, 5.74) is 1.72. The van der Waals surface area contributed by atoms with E-state index in [4.69, 9.17) is 21.4 Å². The molecule has 0 bridgehead atoms. The minimum absolute atomic E-state index is 0.192. The summed E-state index contributed by atoms with van der Waals surface area (Å²) in [7, 11) is 1.60. The van der Waals surface area contributed by atoms with Gasteiger partial charge in [-0.15, -0.1) is 0 Å². The van der Waals surface area contributed by atoms with Gasteiger partial charge in [0.2, 0.25) is 5.91 Å². The van der Waals surface area contributed by atoms with Gasteiger partial charge in [-0.3, -0.25) is 9.59 Å². The Morgan fingerprint density at radius 3 is 2.27 bits per heavy atom. The highest BCUT2D eigenvalue weighted by molar-refractivity contribution is 6.30. The molecule has 0 fully saturated rings. The summed E-state index contributed by atoms with van der Waals surface area (Å²) in [6.07, 6.45) is 0.360. The molecule has 0 heterocycles. The minimum Gasteiger partial charge on any atom is -0.497 e. The van der Waals surface area contributed by atoms with Crippen molar-refractivity contribution in [3.8, 4) is 5.75 Å². The number of carboxylic acid groups (broad SMARTS) is 1. The van der Waals surface area contributed by atoms with Crippen molar-refractivity contribution in [2.24, 2.45) is 5.92 Å². The number of ether oxygens (including phenoxy) is 1. The molecule has 0 aromatic heterocycles. The molecule has 2 rings (SSSR count). The topological polar surface area (TPSA) is 75.6 Å². The second kappa shape index (κ2) is 9.25. The Hall–Kier alpha value is -2.53. The van der Waals surface area contributed by atoms with Gasteiger partial charge in [-0.05, 0) is 41.8 Å². The Morgan fingerprint density at radius 1 is 1.12 bits per heavy atom. The fraction of sp³-hybridized carbons (Fsp3) is 0.300. The zero-order valence-electron chi connectivity index (χ0n) is 14.7. The lowest BCUT2D eigenvalue weighted by Crippen LogP contribution is -2.34. The molecule has 1 amide bonds. The third kappa shape index (κ3) is 5.77. The third-order valence-electron chi connectivity index (χ3n) is 4.12. The zero-order valence-corrected chi connectivity index (χ0v) is 15.5. The maximum Gasteiger partial charge on any atom is 0.305 e. The lowest BCUT2D eigenvalue weighted by atomic mass is 9.98. The van der Waals surface area contributed by atoms with E-state index in [2.05, 4.69) is 5.32 Å². The number of methoxy groups -OCH3 is 1. The Bertz CT molecular complexity index is 743. The SMILES string of the molecule is COc1ccc(CC(C)C(=O)N[C@@H](CC(=O)O)c2ccc(Cl)cc2)cc1. The van der Waals surface area contributed by atoms with Gasteiger partial charge in [0, 0.05) is 10.9 Å². The number of rotatable bonds is 8. The molecule has 2 aromatic carbocycles. The summed E-state index contributed by atoms with van der Waals surface area (Å²) >= 11 is 5.88. The Balaban J connectivity index is 2.04. The number of benzene rings is 2. The van der Waals surface area contributed by atoms with Crippen LogP contribution in [-0.4, -0.2) is 24.1 Å². The second-order valence-corrected chi connectivity index (χ2v) is 6.60. The molecule has 0 saturated carbocycles. The van der Waals surface area contributed by atoms with E-state index in [-0.39, 0.29) is 18.2 Å². The monoisotopic (exact) mass is 375 g/mol. The van der Waals surface area contributed by atoms with Crippen molar-refractivity contribution in [3.05, 3.63) is 64.7 Å². The van der Waals surface area contributed by atoms with Crippen LogP contribution in [0.3, 0.4) is 0 Å². The first-order chi connectivity index (χ1) is 12.4. The number of carboxylic acids is 1. The van der Waals surface area contributed by atoms with Gasteiger partial charge in [-0.25, -0.2) is 0 Å². The summed E-state index contributed by atoms with van der Waals surface area (Å²) in [5.74, 6) is -0.711. The predicted octanol–water partition coefficient (Wildman–Crippen LogP) is 3.86. The van der Waals surface area contributed by atoms with Crippen LogP contribution in [0.2, 0.25) is 5.02 Å². The highest BCUT2D eigenvalue weighted by atomic mass is 35.5. The molecule has 0 aliphatic heterocycles. The van der Waals surface area contributed by atoms with Crippen LogP contribution in [0.15, 0.2) is 48.5 Å². The van der Waals surface area contributed by atoms with Crippen LogP contribution in [0.4, 0.5) is 0 Å². The molecular weight excluding hydrogens is 354 g/mol. The standard InChI is InChI=1S/C20H22ClNO4/c1-13(11-14-3-9-17(26-2)10-4-14)20(25)22-18(12-19(23)24)15-5-7-16(21)8-6-15/h3-10,13,18H,11-12H2,1-2H3,(H,22,25)(H,23,24)/t13?,18-/m0/s1. The first-order valence-corrected chi connectivity index (χ1v) is 8.67. The lowest BCUT2D eigenvalue weighted by Gasteiger charge is -2.20. The van der Waals surface area contributed by atoms with Gasteiger partial charge in [0.1, 0.15) is 5.75 Å². The molecule has 2 aromatic rings. The van der Waals surface area contributed by atoms with Gasteiger partial charge in [0.25, 0.3) is 0 Å². The number of carbonyl (C=O) groups is 2. The fourth-order valence-electron chi connectivity index (χ4n) is 2.64. The molecule has 0 radical (unpaired) electrons. The van der Waals surface area contributed by atoms with Crippen molar-refractivity contribution in [1.29, 1.82) is 0 Å². The van der Waals surface area contributed by atoms with E-state index in [1.54, 1.807) is 31.4 Å². The number of halogens is 1. The molecule has 5 nitrogen and oxygen atoms in total. The van der Waals surface area contributed by atoms with E-state index in [0.29, 0.717) is 17.0 Å². The largest absolute Gasteiger partial charge is 0.497 e. The maximum absolute atomic E-state index is 12.5. The van der Waals surface area contributed by atoms with Crippen molar-refractivity contribution in [2.45, 2.75) is 25.8 Å². The fourth-order valence-corrected chi connectivity index (χ4v) is 2.77. The van der Waals surface area contributed by atoms with E-state index in [9.17, 15) is 9.59 Å². The van der Waals surface area contributed by atoms with E-state index >= 15 is 0 Å². The third-order valence-corrected chi connectivity index (χ3v) is 4.37. The average molecular weight is 376 g/mol. The van der Waals surface area contributed by atoms with Crippen LogP contribution in [0.25, 0.3) is 0 Å². The van der Waals surface area contributed by atoms with Crippen molar-refractivity contribution < 1.29 is 19.4 Å². The minimum atomic E-state index is -0.979. The highest BCUT2D eigenvalue weighted by Crippen LogP contribution is 2.21. The van der Waals surface area contributed by atoms with Crippen LogP contribution in [-0.2, 0) is 16.0 Å². The Morgan fingerprint density at radius 2 is 1.73 bits per heavy atom. The molecule has 0 aliphatic rings. The van der Waals surface area contributed by atoms with E-state index < -0.39 is 12.0 Å². The molecule has 2 atom stereocenters. The molecule has 2 N–H and O–H groups in total. The number of hydrogen-bond acceptors (Lipinski definition) is 3. The van der Waals surface area contributed by atoms with Crippen LogP contribution >= 0.6 is 11.6 Å². The smallest absolute Gasteiger partial charge is 0.305 e. The van der Waals surface area contributed by atoms with Gasteiger partial charge in [-0.2, -0.15) is 0 Å². The van der Waals surface area contributed by atoms with Gasteiger partial charge in [0.15, 0.2) is 0 Å². The summed E-state index contributed by atoms with van der Waals surface area (Å²) in [4.78, 5) is 23.7. The Kier molecular flexibility index (Phi) is 7.04. The Labute approximate surface area is 157 Å². The van der Waals surface area contributed by atoms with Crippen molar-refractivity contribution in [1.82, 2.24) is 5.32 Å². The number of nitrogens with one attached hydrogen (secondary N) is 1. The summed E-state index contributed by atoms with van der Waals surface area (Å²) in [5, 5.41) is 12.5. The van der Waals surface area contributed by atoms with Crippen LogP contribution in [0, 0.1) is 5.92 Å². The number of amides is 1. The van der Waals surface area contributed by atoms with Gasteiger partial charge >= 0.3 is 5.97 Å². The molecule has 26 heavy (non-hydrogen) atoms. The number of hydrogen-bond donors (Lipinski definition) is 2. The maximum atomic E-state index is 12.5. The molecule has 138 valence electrons. The highest BCUT2D eigenvalue weighted by Gasteiger charge is 2.21.